The summed E-state index contributed by atoms with van der Waals surface area (Å²) in [5, 5.41) is 0. The zero-order valence-corrected chi connectivity index (χ0v) is 15.7. The quantitative estimate of drug-likeness (QED) is 0.712. The molecule has 1 aromatic carbocycles. The number of halogens is 3. The average molecular weight is 388 g/mol. The second-order valence-electron chi connectivity index (χ2n) is 5.66. The first-order chi connectivity index (χ1) is 12.0. The van der Waals surface area contributed by atoms with Crippen LogP contribution in [0.2, 0.25) is 0 Å². The van der Waals surface area contributed by atoms with Crippen LogP contribution < -0.4 is 10.6 Å². The maximum absolute atomic E-state index is 12.9. The molecule has 0 bridgehead atoms. The molecule has 0 aliphatic carbocycles. The van der Waals surface area contributed by atoms with Gasteiger partial charge in [0.1, 0.15) is 5.70 Å². The van der Waals surface area contributed by atoms with Gasteiger partial charge in [-0.3, -0.25) is 0 Å². The summed E-state index contributed by atoms with van der Waals surface area (Å²) in [6.07, 6.45) is 3.45. The van der Waals surface area contributed by atoms with Crippen molar-refractivity contribution in [3.05, 3.63) is 60.0 Å². The molecule has 1 rings (SSSR count). The van der Waals surface area contributed by atoms with Crippen LogP contribution in [0.5, 0.6) is 0 Å². The molecule has 26 heavy (non-hydrogen) atoms. The summed E-state index contributed by atoms with van der Waals surface area (Å²) in [6, 6.07) is 5.62. The molecule has 4 nitrogen and oxygen atoms in total. The second-order valence-corrected chi connectivity index (χ2v) is 7.68. The fraction of sp³-hybridized carbons (Fsp3) is 0.333. The normalized spacial score (nSPS) is 14.1. The molecule has 0 radical (unpaired) electrons. The number of nitrogens with zero attached hydrogens (tertiary/aromatic N) is 1. The van der Waals surface area contributed by atoms with Crippen LogP contribution >= 0.6 is 0 Å². The molecule has 0 unspecified atom stereocenters. The van der Waals surface area contributed by atoms with E-state index < -0.39 is 21.7 Å². The molecule has 144 valence electrons. The van der Waals surface area contributed by atoms with Crippen molar-refractivity contribution in [1.82, 2.24) is 0 Å². The number of sulfone groups is 1. The Hall–Kier alpha value is -2.22. The Labute approximate surface area is 152 Å². The summed E-state index contributed by atoms with van der Waals surface area (Å²) in [7, 11) is -3.39. The van der Waals surface area contributed by atoms with Crippen molar-refractivity contribution in [3.8, 4) is 0 Å². The number of allylic oxidation sites excluding steroid dienone is 3. The zero-order valence-electron chi connectivity index (χ0n) is 14.9. The zero-order chi connectivity index (χ0) is 20.0. The lowest BCUT2D eigenvalue weighted by atomic mass is 10.1. The molecule has 0 saturated heterocycles. The highest BCUT2D eigenvalue weighted by Gasteiger charge is 2.32. The molecule has 0 atom stereocenters. The standard InChI is InChI=1S/C18H23F3N2O2S/c1-4-6-14(7-5-2)12-23(13-17(22)18(19,20)21)15-8-10-16(11-9-15)26(3,24)25/h4,6-11,13H,5,12,22H2,1-3H3/b6-4-,14-7+,17-13-. The smallest absolute Gasteiger partial charge is 0.394 e. The minimum absolute atomic E-state index is 0.0896. The molecule has 0 fully saturated rings. The largest absolute Gasteiger partial charge is 0.432 e. The van der Waals surface area contributed by atoms with E-state index in [1.807, 2.05) is 19.9 Å². The van der Waals surface area contributed by atoms with Gasteiger partial charge in [-0.1, -0.05) is 25.2 Å². The van der Waals surface area contributed by atoms with E-state index in [2.05, 4.69) is 0 Å². The first-order valence-electron chi connectivity index (χ1n) is 7.92. The van der Waals surface area contributed by atoms with Gasteiger partial charge in [-0.05, 0) is 43.2 Å². The number of nitrogens with two attached hydrogens (primary N) is 1. The summed E-state index contributed by atoms with van der Waals surface area (Å²) >= 11 is 0. The first-order valence-corrected chi connectivity index (χ1v) is 9.81. The van der Waals surface area contributed by atoms with Gasteiger partial charge in [-0.25, -0.2) is 8.42 Å². The minimum Gasteiger partial charge on any atom is -0.394 e. The molecular formula is C18H23F3N2O2S. The molecular weight excluding hydrogens is 365 g/mol. The lowest BCUT2D eigenvalue weighted by Crippen LogP contribution is -2.26. The van der Waals surface area contributed by atoms with E-state index in [0.717, 1.165) is 24.4 Å². The van der Waals surface area contributed by atoms with Crippen LogP contribution in [0, 0.1) is 0 Å². The van der Waals surface area contributed by atoms with E-state index in [0.29, 0.717) is 5.69 Å². The van der Waals surface area contributed by atoms with Crippen molar-refractivity contribution in [2.24, 2.45) is 5.73 Å². The summed E-state index contributed by atoms with van der Waals surface area (Å²) in [6.45, 7) is 3.90. The minimum atomic E-state index is -4.65. The third-order valence-corrected chi connectivity index (χ3v) is 4.55. The monoisotopic (exact) mass is 388 g/mol. The number of anilines is 1. The van der Waals surface area contributed by atoms with E-state index in [-0.39, 0.29) is 11.4 Å². The number of hydrogen-bond acceptors (Lipinski definition) is 4. The molecule has 0 heterocycles. The maximum Gasteiger partial charge on any atom is 0.432 e. The summed E-state index contributed by atoms with van der Waals surface area (Å²) in [4.78, 5) is 1.43. The van der Waals surface area contributed by atoms with E-state index in [1.54, 1.807) is 12.2 Å². The van der Waals surface area contributed by atoms with E-state index >= 15 is 0 Å². The number of hydrogen-bond donors (Lipinski definition) is 1. The first kappa shape index (κ1) is 21.8. The third-order valence-electron chi connectivity index (χ3n) is 3.42. The molecule has 0 aliphatic heterocycles. The van der Waals surface area contributed by atoms with Gasteiger partial charge >= 0.3 is 6.18 Å². The van der Waals surface area contributed by atoms with Crippen molar-refractivity contribution in [2.75, 3.05) is 17.7 Å². The SMILES string of the molecule is C/C=C\C(=C/CC)CN(/C=C(\N)C(F)(F)F)c1ccc(S(C)(=O)=O)cc1. The highest BCUT2D eigenvalue weighted by atomic mass is 32.2. The fourth-order valence-corrected chi connectivity index (χ4v) is 2.83. The number of benzene rings is 1. The highest BCUT2D eigenvalue weighted by molar-refractivity contribution is 7.90. The topological polar surface area (TPSA) is 63.4 Å². The van der Waals surface area contributed by atoms with Crippen LogP contribution in [0.15, 0.2) is 64.9 Å². The van der Waals surface area contributed by atoms with Gasteiger partial charge in [0.2, 0.25) is 0 Å². The van der Waals surface area contributed by atoms with E-state index in [1.165, 1.54) is 29.2 Å². The molecule has 2 N–H and O–H groups in total. The van der Waals surface area contributed by atoms with Gasteiger partial charge in [0, 0.05) is 24.7 Å². The maximum atomic E-state index is 12.9. The predicted octanol–water partition coefficient (Wildman–Crippen LogP) is 4.17. The Morgan fingerprint density at radius 1 is 1.23 bits per heavy atom. The van der Waals surface area contributed by atoms with E-state index in [9.17, 15) is 21.6 Å². The Kier molecular flexibility index (Phi) is 7.50. The van der Waals surface area contributed by atoms with Crippen LogP contribution in [0.4, 0.5) is 18.9 Å². The van der Waals surface area contributed by atoms with Crippen molar-refractivity contribution < 1.29 is 21.6 Å². The van der Waals surface area contributed by atoms with Crippen LogP contribution in [-0.4, -0.2) is 27.4 Å². The predicted molar refractivity (Wildman–Crippen MR) is 98.4 cm³/mol. The third kappa shape index (κ3) is 6.59. The molecule has 8 heteroatoms. The molecule has 1 aromatic rings. The Bertz CT molecular complexity index is 793. The van der Waals surface area contributed by atoms with Gasteiger partial charge in [-0.2, -0.15) is 13.2 Å². The van der Waals surface area contributed by atoms with Gasteiger partial charge < -0.3 is 10.6 Å². The Balaban J connectivity index is 3.34. The Morgan fingerprint density at radius 3 is 2.23 bits per heavy atom. The highest BCUT2D eigenvalue weighted by Crippen LogP contribution is 2.25. The van der Waals surface area contributed by atoms with Gasteiger partial charge in [0.25, 0.3) is 0 Å². The summed E-state index contributed by atoms with van der Waals surface area (Å²) < 4.78 is 61.7. The van der Waals surface area contributed by atoms with Crippen molar-refractivity contribution in [1.29, 1.82) is 0 Å². The molecule has 0 aromatic heterocycles. The van der Waals surface area contributed by atoms with Crippen LogP contribution in [0.1, 0.15) is 20.3 Å². The summed E-state index contributed by atoms with van der Waals surface area (Å²) in [5.41, 5.74) is 5.15. The fourth-order valence-electron chi connectivity index (χ4n) is 2.20. The second kappa shape index (κ2) is 8.93. The molecule has 0 saturated carbocycles. The van der Waals surface area contributed by atoms with Crippen LogP contribution in [0.3, 0.4) is 0 Å². The van der Waals surface area contributed by atoms with Crippen LogP contribution in [-0.2, 0) is 9.84 Å². The van der Waals surface area contributed by atoms with Crippen LogP contribution in [0.25, 0.3) is 0 Å². The molecule has 0 aliphatic rings. The lowest BCUT2D eigenvalue weighted by molar-refractivity contribution is -0.0928. The number of rotatable bonds is 7. The van der Waals surface area contributed by atoms with Crippen molar-refractivity contribution in [2.45, 2.75) is 31.3 Å². The number of alkyl halides is 3. The van der Waals surface area contributed by atoms with E-state index in [4.69, 9.17) is 5.73 Å². The van der Waals surface area contributed by atoms with Gasteiger partial charge in [-0.15, -0.1) is 0 Å². The average Bonchev–Trinajstić information content (AvgIpc) is 2.53. The Morgan fingerprint density at radius 2 is 1.81 bits per heavy atom. The van der Waals surface area contributed by atoms with Gasteiger partial charge in [0.15, 0.2) is 9.84 Å². The molecule has 0 amide bonds. The lowest BCUT2D eigenvalue weighted by Gasteiger charge is -2.23. The van der Waals surface area contributed by atoms with Crippen molar-refractivity contribution in [3.63, 3.8) is 0 Å². The van der Waals surface area contributed by atoms with Gasteiger partial charge in [0.05, 0.1) is 4.90 Å². The summed E-state index contributed by atoms with van der Waals surface area (Å²) in [5.74, 6) is 0. The molecule has 0 spiro atoms. The van der Waals surface area contributed by atoms with Crippen molar-refractivity contribution >= 4 is 15.5 Å².